The van der Waals surface area contributed by atoms with E-state index in [9.17, 15) is 8.42 Å². The predicted octanol–water partition coefficient (Wildman–Crippen LogP) is 2.96. The minimum Gasteiger partial charge on any atom is -0.378 e. The van der Waals surface area contributed by atoms with E-state index in [0.29, 0.717) is 5.52 Å². The van der Waals surface area contributed by atoms with Crippen LogP contribution in [0.2, 0.25) is 0 Å². The van der Waals surface area contributed by atoms with Gasteiger partial charge in [0.15, 0.2) is 4.21 Å². The Morgan fingerprint density at radius 1 is 1.29 bits per heavy atom. The maximum absolute atomic E-state index is 12.2. The van der Waals surface area contributed by atoms with Gasteiger partial charge in [-0.2, -0.15) is 8.42 Å². The minimum atomic E-state index is -3.78. The Labute approximate surface area is 126 Å². The average molecular weight is 322 g/mol. The quantitative estimate of drug-likeness (QED) is 0.693. The lowest BCUT2D eigenvalue weighted by atomic mass is 10.3. The summed E-state index contributed by atoms with van der Waals surface area (Å²) in [6, 6.07) is 8.44. The molecule has 0 saturated carbocycles. The Kier molecular flexibility index (Phi) is 3.46. The molecule has 21 heavy (non-hydrogen) atoms. The van der Waals surface area contributed by atoms with Crippen LogP contribution < -0.4 is 4.18 Å². The van der Waals surface area contributed by atoms with Crippen molar-refractivity contribution in [2.24, 2.45) is 7.05 Å². The van der Waals surface area contributed by atoms with Crippen molar-refractivity contribution < 1.29 is 12.6 Å². The first-order valence-electron chi connectivity index (χ1n) is 6.44. The highest BCUT2D eigenvalue weighted by molar-refractivity contribution is 7.89. The highest BCUT2D eigenvalue weighted by atomic mass is 32.3. The van der Waals surface area contributed by atoms with Crippen LogP contribution in [0.25, 0.3) is 11.0 Å². The predicted molar refractivity (Wildman–Crippen MR) is 82.2 cm³/mol. The summed E-state index contributed by atoms with van der Waals surface area (Å²) in [7, 11) is -1.90. The minimum absolute atomic E-state index is 0.223. The molecule has 0 spiro atoms. The van der Waals surface area contributed by atoms with Gasteiger partial charge in [0.2, 0.25) is 0 Å². The van der Waals surface area contributed by atoms with Gasteiger partial charge in [-0.05, 0) is 30.7 Å². The van der Waals surface area contributed by atoms with Gasteiger partial charge in [0, 0.05) is 18.0 Å². The lowest BCUT2D eigenvalue weighted by molar-refractivity contribution is 0.488. The van der Waals surface area contributed by atoms with E-state index in [1.165, 1.54) is 11.3 Å². The van der Waals surface area contributed by atoms with Crippen LogP contribution in [0.15, 0.2) is 40.9 Å². The van der Waals surface area contributed by atoms with Gasteiger partial charge >= 0.3 is 10.1 Å². The molecule has 110 valence electrons. The number of hydrogen-bond acceptors (Lipinski definition) is 5. The molecule has 5 nitrogen and oxygen atoms in total. The molecule has 3 aromatic rings. The van der Waals surface area contributed by atoms with Crippen LogP contribution in [-0.2, 0) is 23.6 Å². The first-order chi connectivity index (χ1) is 9.99. The monoisotopic (exact) mass is 322 g/mol. The van der Waals surface area contributed by atoms with Gasteiger partial charge < -0.3 is 8.75 Å². The number of benzene rings is 1. The molecule has 2 heterocycles. The molecule has 0 atom stereocenters. The summed E-state index contributed by atoms with van der Waals surface area (Å²) < 4.78 is 31.8. The highest BCUT2D eigenvalue weighted by Gasteiger charge is 2.19. The van der Waals surface area contributed by atoms with Gasteiger partial charge in [-0.3, -0.25) is 0 Å². The van der Waals surface area contributed by atoms with Gasteiger partial charge in [-0.1, -0.05) is 6.92 Å². The van der Waals surface area contributed by atoms with Gasteiger partial charge in [0.1, 0.15) is 5.75 Å². The van der Waals surface area contributed by atoms with Crippen LogP contribution in [0.4, 0.5) is 0 Å². The number of nitrogens with zero attached hydrogens (tertiary/aromatic N) is 2. The third-order valence-corrected chi connectivity index (χ3v) is 6.06. The fourth-order valence-electron chi connectivity index (χ4n) is 2.02. The van der Waals surface area contributed by atoms with Gasteiger partial charge in [0.05, 0.1) is 17.4 Å². The Bertz CT molecular complexity index is 894. The van der Waals surface area contributed by atoms with Crippen molar-refractivity contribution in [2.75, 3.05) is 0 Å². The van der Waals surface area contributed by atoms with Crippen molar-refractivity contribution in [3.8, 4) is 5.75 Å². The van der Waals surface area contributed by atoms with Gasteiger partial charge in [-0.15, -0.1) is 11.3 Å². The van der Waals surface area contributed by atoms with Crippen molar-refractivity contribution >= 4 is 32.5 Å². The summed E-state index contributed by atoms with van der Waals surface area (Å²) in [4.78, 5) is 5.20. The normalized spacial score (nSPS) is 11.9. The molecule has 0 aliphatic rings. The van der Waals surface area contributed by atoms with Gasteiger partial charge in [-0.25, -0.2) is 4.98 Å². The SMILES string of the molecule is CCc1ccc(S(=O)(=O)Oc2ccc3c(c2)ncn3C)s1. The third kappa shape index (κ3) is 2.66. The Morgan fingerprint density at radius 3 is 2.81 bits per heavy atom. The molecule has 1 aromatic carbocycles. The molecule has 0 saturated heterocycles. The third-order valence-electron chi connectivity index (χ3n) is 3.13. The largest absolute Gasteiger partial charge is 0.378 e. The van der Waals surface area contributed by atoms with Crippen molar-refractivity contribution in [1.29, 1.82) is 0 Å². The van der Waals surface area contributed by atoms with E-state index in [4.69, 9.17) is 4.18 Å². The first kappa shape index (κ1) is 14.1. The van der Waals surface area contributed by atoms with E-state index in [1.54, 1.807) is 30.6 Å². The molecule has 2 aromatic heterocycles. The number of fused-ring (bicyclic) bond motifs is 1. The zero-order valence-electron chi connectivity index (χ0n) is 11.6. The Hall–Kier alpha value is -1.86. The molecule has 0 amide bonds. The fraction of sp³-hybridized carbons (Fsp3) is 0.214. The molecule has 0 radical (unpaired) electrons. The first-order valence-corrected chi connectivity index (χ1v) is 8.66. The van der Waals surface area contributed by atoms with Crippen LogP contribution in [-0.4, -0.2) is 18.0 Å². The molecule has 0 fully saturated rings. The smallest absolute Gasteiger partial charge is 0.348 e. The molecule has 7 heteroatoms. The second kappa shape index (κ2) is 5.16. The van der Waals surface area contributed by atoms with Crippen LogP contribution in [0.3, 0.4) is 0 Å². The Morgan fingerprint density at radius 2 is 2.10 bits per heavy atom. The molecular formula is C14H14N2O3S2. The average Bonchev–Trinajstić information content (AvgIpc) is 3.06. The van der Waals surface area contributed by atoms with Crippen molar-refractivity contribution in [3.05, 3.63) is 41.5 Å². The molecule has 3 rings (SSSR count). The molecule has 0 aliphatic carbocycles. The Balaban J connectivity index is 1.92. The van der Waals surface area contributed by atoms with E-state index in [-0.39, 0.29) is 9.96 Å². The number of aromatic nitrogens is 2. The number of thiophene rings is 1. The molecule has 0 bridgehead atoms. The summed E-state index contributed by atoms with van der Waals surface area (Å²) in [5.74, 6) is 0.271. The number of aryl methyl sites for hydroxylation is 2. The summed E-state index contributed by atoms with van der Waals surface area (Å²) >= 11 is 1.23. The lowest BCUT2D eigenvalue weighted by Gasteiger charge is -2.05. The van der Waals surface area contributed by atoms with Crippen LogP contribution in [0.5, 0.6) is 5.75 Å². The molecule has 0 aliphatic heterocycles. The van der Waals surface area contributed by atoms with Crippen LogP contribution in [0, 0.1) is 0 Å². The van der Waals surface area contributed by atoms with E-state index < -0.39 is 10.1 Å². The van der Waals surface area contributed by atoms with E-state index in [2.05, 4.69) is 4.98 Å². The van der Waals surface area contributed by atoms with E-state index in [1.807, 2.05) is 24.6 Å². The number of rotatable bonds is 4. The molecular weight excluding hydrogens is 308 g/mol. The zero-order valence-corrected chi connectivity index (χ0v) is 13.2. The lowest BCUT2D eigenvalue weighted by Crippen LogP contribution is -2.07. The second-order valence-corrected chi connectivity index (χ2v) is 7.56. The summed E-state index contributed by atoms with van der Waals surface area (Å²) in [5.41, 5.74) is 1.62. The van der Waals surface area contributed by atoms with E-state index in [0.717, 1.165) is 16.8 Å². The van der Waals surface area contributed by atoms with Gasteiger partial charge in [0.25, 0.3) is 0 Å². The highest BCUT2D eigenvalue weighted by Crippen LogP contribution is 2.27. The summed E-state index contributed by atoms with van der Waals surface area (Å²) in [6.45, 7) is 1.98. The number of imidazole rings is 1. The zero-order chi connectivity index (χ0) is 15.0. The molecule has 0 unspecified atom stereocenters. The van der Waals surface area contributed by atoms with Crippen LogP contribution >= 0.6 is 11.3 Å². The standard InChI is InChI=1S/C14H14N2O3S2/c1-3-11-5-7-14(20-11)21(17,18)19-10-4-6-13-12(8-10)15-9-16(13)2/h4-9H,3H2,1-2H3. The second-order valence-electron chi connectivity index (χ2n) is 4.62. The topological polar surface area (TPSA) is 61.2 Å². The molecule has 0 N–H and O–H groups in total. The summed E-state index contributed by atoms with van der Waals surface area (Å²) in [5, 5.41) is 0. The number of hydrogen-bond donors (Lipinski definition) is 0. The maximum Gasteiger partial charge on any atom is 0.348 e. The summed E-state index contributed by atoms with van der Waals surface area (Å²) in [6.07, 6.45) is 2.48. The van der Waals surface area contributed by atoms with Crippen molar-refractivity contribution in [2.45, 2.75) is 17.6 Å². The van der Waals surface area contributed by atoms with Crippen LogP contribution in [0.1, 0.15) is 11.8 Å². The van der Waals surface area contributed by atoms with Crippen molar-refractivity contribution in [3.63, 3.8) is 0 Å². The van der Waals surface area contributed by atoms with E-state index >= 15 is 0 Å². The maximum atomic E-state index is 12.2. The van der Waals surface area contributed by atoms with Crippen molar-refractivity contribution in [1.82, 2.24) is 9.55 Å². The fourth-order valence-corrected chi connectivity index (χ4v) is 4.20.